The van der Waals surface area contributed by atoms with Crippen LogP contribution >= 0.6 is 0 Å². The highest BCUT2D eigenvalue weighted by Gasteiger charge is 2.21. The molecular formula is C13H18O5. The number of carbonyl (C=O) groups excluding carboxylic acids is 1. The molecule has 1 rings (SSSR count). The van der Waals surface area contributed by atoms with Crippen LogP contribution in [0.3, 0.4) is 0 Å². The van der Waals surface area contributed by atoms with Gasteiger partial charge in [0.05, 0.1) is 13.7 Å². The van der Waals surface area contributed by atoms with Crippen LogP contribution in [0.2, 0.25) is 0 Å². The molecule has 0 fully saturated rings. The van der Waals surface area contributed by atoms with Crippen molar-refractivity contribution in [2.75, 3.05) is 7.11 Å². The first-order valence-electron chi connectivity index (χ1n) is 5.55. The van der Waals surface area contributed by atoms with E-state index in [1.54, 1.807) is 39.0 Å². The minimum atomic E-state index is -0.832. The lowest BCUT2D eigenvalue weighted by atomic mass is 10.2. The number of para-hydroxylation sites is 1. The average Bonchev–Trinajstić information content (AvgIpc) is 2.26. The predicted molar refractivity (Wildman–Crippen MR) is 65.8 cm³/mol. The van der Waals surface area contributed by atoms with Crippen molar-refractivity contribution in [1.82, 2.24) is 0 Å². The van der Waals surface area contributed by atoms with Gasteiger partial charge in [-0.05, 0) is 26.8 Å². The average molecular weight is 254 g/mol. The van der Waals surface area contributed by atoms with Crippen LogP contribution in [0.5, 0.6) is 11.5 Å². The van der Waals surface area contributed by atoms with Gasteiger partial charge in [-0.2, -0.15) is 0 Å². The third kappa shape index (κ3) is 3.92. The van der Waals surface area contributed by atoms with Gasteiger partial charge < -0.3 is 19.3 Å². The maximum Gasteiger partial charge on any atom is 0.514 e. The molecule has 5 nitrogen and oxygen atoms in total. The van der Waals surface area contributed by atoms with Crippen molar-refractivity contribution in [3.63, 3.8) is 0 Å². The van der Waals surface area contributed by atoms with Crippen LogP contribution in [-0.4, -0.2) is 24.0 Å². The molecule has 1 aromatic carbocycles. The van der Waals surface area contributed by atoms with Crippen molar-refractivity contribution < 1.29 is 24.1 Å². The number of hydrogen-bond acceptors (Lipinski definition) is 5. The van der Waals surface area contributed by atoms with E-state index < -0.39 is 11.8 Å². The number of aliphatic hydroxyl groups excluding tert-OH is 1. The second kappa shape index (κ2) is 5.73. The number of rotatable bonds is 3. The molecule has 0 aliphatic carbocycles. The molecule has 0 unspecified atom stereocenters. The normalized spacial score (nSPS) is 10.9. The van der Waals surface area contributed by atoms with Gasteiger partial charge in [-0.3, -0.25) is 0 Å². The summed E-state index contributed by atoms with van der Waals surface area (Å²) in [7, 11) is 1.46. The first-order chi connectivity index (χ1) is 8.37. The summed E-state index contributed by atoms with van der Waals surface area (Å²) in [5, 5.41) is 9.20. The molecule has 0 saturated carbocycles. The molecule has 5 heteroatoms. The maximum atomic E-state index is 11.6. The van der Waals surface area contributed by atoms with Gasteiger partial charge in [0.25, 0.3) is 0 Å². The van der Waals surface area contributed by atoms with Gasteiger partial charge >= 0.3 is 6.16 Å². The molecule has 100 valence electrons. The summed E-state index contributed by atoms with van der Waals surface area (Å²) >= 11 is 0. The second-order valence-electron chi connectivity index (χ2n) is 4.67. The summed E-state index contributed by atoms with van der Waals surface area (Å²) in [5.74, 6) is 0.546. The van der Waals surface area contributed by atoms with Crippen molar-refractivity contribution >= 4 is 6.16 Å². The highest BCUT2D eigenvalue weighted by molar-refractivity contribution is 5.67. The minimum Gasteiger partial charge on any atom is -0.493 e. The summed E-state index contributed by atoms with van der Waals surface area (Å²) in [4.78, 5) is 11.6. The molecule has 1 N–H and O–H groups in total. The van der Waals surface area contributed by atoms with Crippen molar-refractivity contribution in [3.8, 4) is 11.5 Å². The van der Waals surface area contributed by atoms with Gasteiger partial charge in [0.2, 0.25) is 0 Å². The monoisotopic (exact) mass is 254 g/mol. The van der Waals surface area contributed by atoms with E-state index in [1.807, 2.05) is 0 Å². The SMILES string of the molecule is COc1cccc(CO)c1OC(=O)OC(C)(C)C. The molecule has 0 heterocycles. The van der Waals surface area contributed by atoms with Crippen molar-refractivity contribution in [3.05, 3.63) is 23.8 Å². The van der Waals surface area contributed by atoms with E-state index >= 15 is 0 Å². The molecule has 0 atom stereocenters. The van der Waals surface area contributed by atoms with E-state index in [1.165, 1.54) is 7.11 Å². The summed E-state index contributed by atoms with van der Waals surface area (Å²) in [6, 6.07) is 4.98. The summed E-state index contributed by atoms with van der Waals surface area (Å²) in [6.07, 6.45) is -0.832. The molecule has 0 aromatic heterocycles. The summed E-state index contributed by atoms with van der Waals surface area (Å²) in [5.41, 5.74) is -0.182. The molecule has 0 radical (unpaired) electrons. The smallest absolute Gasteiger partial charge is 0.493 e. The van der Waals surface area contributed by atoms with Crippen molar-refractivity contribution in [2.24, 2.45) is 0 Å². The van der Waals surface area contributed by atoms with E-state index in [4.69, 9.17) is 14.2 Å². The Morgan fingerprint density at radius 1 is 1.33 bits per heavy atom. The van der Waals surface area contributed by atoms with E-state index in [2.05, 4.69) is 0 Å². The molecule has 0 saturated heterocycles. The fourth-order valence-electron chi connectivity index (χ4n) is 1.32. The van der Waals surface area contributed by atoms with E-state index in [0.717, 1.165) is 0 Å². The van der Waals surface area contributed by atoms with Crippen molar-refractivity contribution in [1.29, 1.82) is 0 Å². The first-order valence-corrected chi connectivity index (χ1v) is 5.55. The predicted octanol–water partition coefficient (Wildman–Crippen LogP) is 2.50. The minimum absolute atomic E-state index is 0.178. The van der Waals surface area contributed by atoms with Crippen LogP contribution < -0.4 is 9.47 Å². The topological polar surface area (TPSA) is 65.0 Å². The zero-order chi connectivity index (χ0) is 13.8. The number of carbonyl (C=O) groups is 1. The molecule has 0 spiro atoms. The highest BCUT2D eigenvalue weighted by Crippen LogP contribution is 2.31. The Labute approximate surface area is 106 Å². The van der Waals surface area contributed by atoms with Crippen LogP contribution in [0.1, 0.15) is 26.3 Å². The van der Waals surface area contributed by atoms with E-state index in [-0.39, 0.29) is 12.4 Å². The molecule has 0 amide bonds. The lowest BCUT2D eigenvalue weighted by Crippen LogP contribution is -2.26. The maximum absolute atomic E-state index is 11.6. The third-order valence-corrected chi connectivity index (χ3v) is 2.03. The zero-order valence-electron chi connectivity index (χ0n) is 11.0. The number of methoxy groups -OCH3 is 1. The summed E-state index contributed by atoms with van der Waals surface area (Å²) < 4.78 is 15.2. The highest BCUT2D eigenvalue weighted by atomic mass is 16.7. The van der Waals surface area contributed by atoms with E-state index in [9.17, 15) is 9.90 Å². The quantitative estimate of drug-likeness (QED) is 0.663. The molecular weight excluding hydrogens is 236 g/mol. The molecule has 1 aromatic rings. The van der Waals surface area contributed by atoms with Crippen LogP contribution in [0.15, 0.2) is 18.2 Å². The standard InChI is InChI=1S/C13H18O5/c1-13(2,3)18-12(15)17-11-9(8-14)6-5-7-10(11)16-4/h5-7,14H,8H2,1-4H3. The Morgan fingerprint density at radius 3 is 2.50 bits per heavy atom. The largest absolute Gasteiger partial charge is 0.514 e. The van der Waals surface area contributed by atoms with Crippen LogP contribution in [0.4, 0.5) is 4.79 Å². The van der Waals surface area contributed by atoms with Crippen LogP contribution in [0.25, 0.3) is 0 Å². The lowest BCUT2D eigenvalue weighted by Gasteiger charge is -2.20. The first kappa shape index (κ1) is 14.3. The van der Waals surface area contributed by atoms with Gasteiger partial charge in [-0.25, -0.2) is 4.79 Å². The molecule has 18 heavy (non-hydrogen) atoms. The van der Waals surface area contributed by atoms with E-state index in [0.29, 0.717) is 11.3 Å². The Bertz CT molecular complexity index is 398. The Balaban J connectivity index is 2.92. The molecule has 0 bridgehead atoms. The molecule has 0 aliphatic heterocycles. The van der Waals surface area contributed by atoms with Gasteiger partial charge in [0.1, 0.15) is 5.60 Å². The van der Waals surface area contributed by atoms with Crippen LogP contribution in [0, 0.1) is 0 Å². The summed E-state index contributed by atoms with van der Waals surface area (Å²) in [6.45, 7) is 4.96. The van der Waals surface area contributed by atoms with Gasteiger partial charge in [0, 0.05) is 5.56 Å². The lowest BCUT2D eigenvalue weighted by molar-refractivity contribution is 0.0197. The number of hydrogen-bond donors (Lipinski definition) is 1. The second-order valence-corrected chi connectivity index (χ2v) is 4.67. The zero-order valence-corrected chi connectivity index (χ0v) is 11.0. The van der Waals surface area contributed by atoms with Crippen LogP contribution in [-0.2, 0) is 11.3 Å². The van der Waals surface area contributed by atoms with Crippen molar-refractivity contribution in [2.45, 2.75) is 33.0 Å². The van der Waals surface area contributed by atoms with Gasteiger partial charge in [-0.15, -0.1) is 0 Å². The molecule has 0 aliphatic rings. The fraction of sp³-hybridized carbons (Fsp3) is 0.462. The Kier molecular flexibility index (Phi) is 4.55. The fourth-order valence-corrected chi connectivity index (χ4v) is 1.32. The van der Waals surface area contributed by atoms with Gasteiger partial charge in [-0.1, -0.05) is 12.1 Å². The third-order valence-electron chi connectivity index (χ3n) is 2.03. The number of aliphatic hydroxyl groups is 1. The van der Waals surface area contributed by atoms with Gasteiger partial charge in [0.15, 0.2) is 11.5 Å². The Hall–Kier alpha value is -1.75. The number of ether oxygens (including phenoxy) is 3. The Morgan fingerprint density at radius 2 is 2.00 bits per heavy atom. The number of benzene rings is 1.